The lowest BCUT2D eigenvalue weighted by Gasteiger charge is -2.23. The van der Waals surface area contributed by atoms with Crippen molar-refractivity contribution < 1.29 is 28.7 Å². The van der Waals surface area contributed by atoms with E-state index in [-0.39, 0.29) is 36.4 Å². The molecule has 10 heteroatoms. The van der Waals surface area contributed by atoms with Crippen molar-refractivity contribution in [1.29, 1.82) is 0 Å². The van der Waals surface area contributed by atoms with Gasteiger partial charge in [-0.05, 0) is 63.1 Å². The number of esters is 1. The first-order valence-electron chi connectivity index (χ1n) is 12.3. The van der Waals surface area contributed by atoms with Crippen LogP contribution in [0.5, 0.6) is 0 Å². The van der Waals surface area contributed by atoms with Crippen LogP contribution < -0.4 is 10.6 Å². The van der Waals surface area contributed by atoms with Gasteiger partial charge < -0.3 is 20.1 Å². The molecule has 2 N–H and O–H groups in total. The number of halogens is 1. The molecule has 0 bridgehead atoms. The molecular formula is C29H30BrN3O6. The second kappa shape index (κ2) is 13.7. The first-order valence-corrected chi connectivity index (χ1v) is 13.1. The van der Waals surface area contributed by atoms with Gasteiger partial charge in [-0.2, -0.15) is 0 Å². The number of hydrogen-bond acceptors (Lipinski definition) is 7. The van der Waals surface area contributed by atoms with E-state index in [2.05, 4.69) is 31.5 Å². The third-order valence-electron chi connectivity index (χ3n) is 5.27. The summed E-state index contributed by atoms with van der Waals surface area (Å²) in [6.45, 7) is 5.17. The molecule has 3 aromatic rings. The van der Waals surface area contributed by atoms with E-state index in [0.29, 0.717) is 4.47 Å². The minimum absolute atomic E-state index is 0.0568. The van der Waals surface area contributed by atoms with E-state index in [0.717, 1.165) is 5.56 Å². The minimum atomic E-state index is -1.15. The van der Waals surface area contributed by atoms with Gasteiger partial charge in [0.1, 0.15) is 23.9 Å². The Hall–Kier alpha value is -4.05. The van der Waals surface area contributed by atoms with Crippen LogP contribution >= 0.6 is 15.9 Å². The molecule has 1 atom stereocenters. The smallest absolute Gasteiger partial charge is 0.408 e. The highest BCUT2D eigenvalue weighted by Gasteiger charge is 2.27. The Bertz CT molecular complexity index is 1310. The Morgan fingerprint density at radius 2 is 1.69 bits per heavy atom. The largest absolute Gasteiger partial charge is 0.461 e. The van der Waals surface area contributed by atoms with Crippen molar-refractivity contribution in [1.82, 2.24) is 10.3 Å². The Kier molecular flexibility index (Phi) is 10.3. The fraction of sp³-hybridized carbons (Fsp3) is 0.276. The van der Waals surface area contributed by atoms with Crippen molar-refractivity contribution in [2.75, 3.05) is 5.32 Å². The summed E-state index contributed by atoms with van der Waals surface area (Å²) in [5, 5.41) is 5.23. The van der Waals surface area contributed by atoms with Crippen LogP contribution in [-0.2, 0) is 25.7 Å². The molecule has 2 amide bonds. The van der Waals surface area contributed by atoms with Gasteiger partial charge in [0.05, 0.1) is 5.69 Å². The van der Waals surface area contributed by atoms with Crippen molar-refractivity contribution in [3.05, 3.63) is 94.2 Å². The molecular weight excluding hydrogens is 566 g/mol. The molecule has 1 heterocycles. The van der Waals surface area contributed by atoms with E-state index in [9.17, 15) is 19.2 Å². The monoisotopic (exact) mass is 595 g/mol. The quantitative estimate of drug-likeness (QED) is 0.236. The third-order valence-corrected chi connectivity index (χ3v) is 5.76. The molecule has 0 fully saturated rings. The SMILES string of the molecule is CC(C)(C)OC(=O)N[C@@H](CCC(=O)OCc1ccccc1)C(=O)Nc1ccc(Br)cc1C(=O)c1ccccn1. The molecule has 39 heavy (non-hydrogen) atoms. The lowest BCUT2D eigenvalue weighted by Crippen LogP contribution is -2.46. The number of nitrogens with zero attached hydrogens (tertiary/aromatic N) is 1. The summed E-state index contributed by atoms with van der Waals surface area (Å²) in [5.41, 5.74) is 0.660. The number of anilines is 1. The van der Waals surface area contributed by atoms with Gasteiger partial charge in [0.15, 0.2) is 0 Å². The second-order valence-electron chi connectivity index (χ2n) is 9.61. The predicted molar refractivity (Wildman–Crippen MR) is 149 cm³/mol. The molecule has 0 saturated heterocycles. The van der Waals surface area contributed by atoms with E-state index in [4.69, 9.17) is 9.47 Å². The summed E-state index contributed by atoms with van der Waals surface area (Å²) in [7, 11) is 0. The maximum atomic E-state index is 13.3. The lowest BCUT2D eigenvalue weighted by molar-refractivity contribution is -0.145. The number of pyridine rings is 1. The number of ether oxygens (including phenoxy) is 2. The molecule has 0 aliphatic rings. The molecule has 0 aliphatic carbocycles. The highest BCUT2D eigenvalue weighted by Crippen LogP contribution is 2.24. The van der Waals surface area contributed by atoms with Gasteiger partial charge in [0.25, 0.3) is 0 Å². The van der Waals surface area contributed by atoms with E-state index >= 15 is 0 Å². The van der Waals surface area contributed by atoms with Crippen molar-refractivity contribution in [3.8, 4) is 0 Å². The number of hydrogen-bond donors (Lipinski definition) is 2. The lowest BCUT2D eigenvalue weighted by atomic mass is 10.0. The highest BCUT2D eigenvalue weighted by molar-refractivity contribution is 9.10. The standard InChI is InChI=1S/C29H30BrN3O6/c1-29(2,3)39-28(37)33-24(14-15-25(34)38-18-19-9-5-4-6-10-19)27(36)32-22-13-12-20(30)17-21(22)26(35)23-11-7-8-16-31-23/h4-13,16-17,24H,14-15,18H2,1-3H3,(H,32,36)(H,33,37)/t24-/m0/s1. The number of carbonyl (C=O) groups is 4. The summed E-state index contributed by atoms with van der Waals surface area (Å²) in [6, 6.07) is 17.8. The highest BCUT2D eigenvalue weighted by atomic mass is 79.9. The van der Waals surface area contributed by atoms with Crippen LogP contribution in [0, 0.1) is 0 Å². The summed E-state index contributed by atoms with van der Waals surface area (Å²) < 4.78 is 11.2. The van der Waals surface area contributed by atoms with Gasteiger partial charge in [-0.1, -0.05) is 52.3 Å². The fourth-order valence-corrected chi connectivity index (χ4v) is 3.82. The van der Waals surface area contributed by atoms with Gasteiger partial charge >= 0.3 is 12.1 Å². The Labute approximate surface area is 235 Å². The summed E-state index contributed by atoms with van der Waals surface area (Å²) >= 11 is 3.36. The van der Waals surface area contributed by atoms with Gasteiger partial charge in [-0.3, -0.25) is 19.4 Å². The van der Waals surface area contributed by atoms with Crippen LogP contribution in [0.25, 0.3) is 0 Å². The molecule has 9 nitrogen and oxygen atoms in total. The van der Waals surface area contributed by atoms with Crippen molar-refractivity contribution in [2.24, 2.45) is 0 Å². The molecule has 1 aromatic heterocycles. The number of nitrogens with one attached hydrogen (secondary N) is 2. The van der Waals surface area contributed by atoms with Gasteiger partial charge in [-0.25, -0.2) is 4.79 Å². The van der Waals surface area contributed by atoms with Gasteiger partial charge in [0, 0.05) is 22.7 Å². The van der Waals surface area contributed by atoms with E-state index in [1.165, 1.54) is 6.20 Å². The zero-order valence-corrected chi connectivity index (χ0v) is 23.5. The summed E-state index contributed by atoms with van der Waals surface area (Å²) in [6.07, 6.45) is 0.488. The average Bonchev–Trinajstić information content (AvgIpc) is 2.90. The summed E-state index contributed by atoms with van der Waals surface area (Å²) in [4.78, 5) is 55.4. The Morgan fingerprint density at radius 3 is 2.36 bits per heavy atom. The van der Waals surface area contributed by atoms with Crippen LogP contribution in [0.3, 0.4) is 0 Å². The minimum Gasteiger partial charge on any atom is -0.461 e. The number of rotatable bonds is 10. The fourth-order valence-electron chi connectivity index (χ4n) is 3.46. The van der Waals surface area contributed by atoms with Crippen LogP contribution in [-0.4, -0.2) is 40.4 Å². The topological polar surface area (TPSA) is 124 Å². The predicted octanol–water partition coefficient (Wildman–Crippen LogP) is 5.43. The molecule has 2 aromatic carbocycles. The average molecular weight is 596 g/mol. The van der Waals surface area contributed by atoms with E-state index in [1.807, 2.05) is 30.3 Å². The van der Waals surface area contributed by atoms with Crippen molar-refractivity contribution in [3.63, 3.8) is 0 Å². The van der Waals surface area contributed by atoms with Crippen LogP contribution in [0.15, 0.2) is 77.4 Å². The normalized spacial score (nSPS) is 11.7. The molecule has 0 radical (unpaired) electrons. The summed E-state index contributed by atoms with van der Waals surface area (Å²) in [5.74, 6) is -1.56. The van der Waals surface area contributed by atoms with Gasteiger partial charge in [-0.15, -0.1) is 0 Å². The number of amides is 2. The molecule has 3 rings (SSSR count). The second-order valence-corrected chi connectivity index (χ2v) is 10.5. The van der Waals surface area contributed by atoms with E-state index in [1.54, 1.807) is 57.2 Å². The molecule has 0 unspecified atom stereocenters. The first-order chi connectivity index (χ1) is 18.5. The first kappa shape index (κ1) is 29.5. The van der Waals surface area contributed by atoms with Gasteiger partial charge in [0.2, 0.25) is 11.7 Å². The molecule has 0 saturated carbocycles. The zero-order valence-electron chi connectivity index (χ0n) is 21.9. The maximum Gasteiger partial charge on any atom is 0.408 e. The van der Waals surface area contributed by atoms with E-state index < -0.39 is 35.4 Å². The van der Waals surface area contributed by atoms with Crippen molar-refractivity contribution >= 4 is 45.4 Å². The van der Waals surface area contributed by atoms with Crippen molar-refractivity contribution in [2.45, 2.75) is 51.9 Å². The number of carbonyl (C=O) groups excluding carboxylic acids is 4. The number of benzene rings is 2. The third kappa shape index (κ3) is 9.64. The molecule has 0 aliphatic heterocycles. The van der Waals surface area contributed by atoms with Crippen LogP contribution in [0.4, 0.5) is 10.5 Å². The Morgan fingerprint density at radius 1 is 0.974 bits per heavy atom. The van der Waals surface area contributed by atoms with Crippen LogP contribution in [0.2, 0.25) is 0 Å². The molecule has 0 spiro atoms. The Balaban J connectivity index is 1.75. The number of alkyl carbamates (subject to hydrolysis) is 1. The molecule has 204 valence electrons. The van der Waals surface area contributed by atoms with Crippen LogP contribution in [0.1, 0.15) is 55.2 Å². The zero-order chi connectivity index (χ0) is 28.4. The number of ketones is 1. The number of aromatic nitrogens is 1. The maximum absolute atomic E-state index is 13.3.